The van der Waals surface area contributed by atoms with Gasteiger partial charge in [0.05, 0.1) is 11.1 Å². The summed E-state index contributed by atoms with van der Waals surface area (Å²) in [6, 6.07) is 13.5. The molecule has 5 rings (SSSR count). The lowest BCUT2D eigenvalue weighted by atomic mass is 9.85. The predicted octanol–water partition coefficient (Wildman–Crippen LogP) is 6.00. The summed E-state index contributed by atoms with van der Waals surface area (Å²) >= 11 is 12.0. The molecule has 0 spiro atoms. The number of hydrogen-bond acceptors (Lipinski definition) is 4. The molecule has 184 valence electrons. The van der Waals surface area contributed by atoms with Crippen LogP contribution in [0.4, 0.5) is 0 Å². The highest BCUT2D eigenvalue weighted by Crippen LogP contribution is 2.38. The van der Waals surface area contributed by atoms with E-state index < -0.39 is 10.0 Å². The van der Waals surface area contributed by atoms with Crippen molar-refractivity contribution < 1.29 is 13.2 Å². The van der Waals surface area contributed by atoms with Gasteiger partial charge in [0.15, 0.2) is 0 Å². The molecule has 2 aliphatic carbocycles. The Morgan fingerprint density at radius 3 is 2.26 bits per heavy atom. The number of benzene rings is 2. The fraction of sp³-hybridized carbons (Fsp3) is 0.538. The highest BCUT2D eigenvalue weighted by molar-refractivity contribution is 7.89. The molecule has 1 heterocycles. The highest BCUT2D eigenvalue weighted by Gasteiger charge is 2.33. The number of halogens is 2. The van der Waals surface area contributed by atoms with Crippen LogP contribution in [0.2, 0.25) is 10.0 Å². The topological polar surface area (TPSA) is 58.6 Å². The lowest BCUT2D eigenvalue weighted by molar-refractivity contribution is 0.115. The molecule has 3 aliphatic rings. The first-order valence-electron chi connectivity index (χ1n) is 12.4. The van der Waals surface area contributed by atoms with Crippen LogP contribution in [0.15, 0.2) is 47.4 Å². The number of hydrogen-bond donors (Lipinski definition) is 1. The van der Waals surface area contributed by atoms with Crippen LogP contribution in [0.5, 0.6) is 5.75 Å². The van der Waals surface area contributed by atoms with Gasteiger partial charge in [0.1, 0.15) is 10.6 Å². The number of nitrogens with one attached hydrogen (secondary N) is 1. The lowest BCUT2D eigenvalue weighted by Gasteiger charge is -2.41. The highest BCUT2D eigenvalue weighted by atomic mass is 35.5. The largest absolute Gasteiger partial charge is 0.490 e. The van der Waals surface area contributed by atoms with E-state index in [1.165, 1.54) is 30.5 Å². The van der Waals surface area contributed by atoms with Crippen LogP contribution in [0, 0.1) is 0 Å². The van der Waals surface area contributed by atoms with E-state index in [0.717, 1.165) is 57.4 Å². The predicted molar refractivity (Wildman–Crippen MR) is 136 cm³/mol. The van der Waals surface area contributed by atoms with Gasteiger partial charge in [0, 0.05) is 17.1 Å². The zero-order valence-electron chi connectivity index (χ0n) is 19.3. The summed E-state index contributed by atoms with van der Waals surface area (Å²) in [4.78, 5) is 2.70. The molecule has 5 nitrogen and oxygen atoms in total. The second-order valence-corrected chi connectivity index (χ2v) is 12.4. The summed E-state index contributed by atoms with van der Waals surface area (Å²) < 4.78 is 34.7. The Kier molecular flexibility index (Phi) is 7.43. The number of likely N-dealkylation sites (tertiary alicyclic amines) is 1. The van der Waals surface area contributed by atoms with Gasteiger partial charge < -0.3 is 9.64 Å². The molecular weight excluding hydrogens is 491 g/mol. The van der Waals surface area contributed by atoms with Gasteiger partial charge in [0.2, 0.25) is 10.0 Å². The quantitative estimate of drug-likeness (QED) is 0.484. The minimum atomic E-state index is -3.66. The van der Waals surface area contributed by atoms with Crippen molar-refractivity contribution in [3.05, 3.63) is 58.1 Å². The number of para-hydroxylation sites is 1. The van der Waals surface area contributed by atoms with E-state index in [9.17, 15) is 8.42 Å². The molecule has 2 saturated carbocycles. The van der Waals surface area contributed by atoms with Crippen LogP contribution in [0.1, 0.15) is 62.8 Å². The Balaban J connectivity index is 1.12. The van der Waals surface area contributed by atoms with Crippen LogP contribution in [-0.4, -0.2) is 44.6 Å². The van der Waals surface area contributed by atoms with Gasteiger partial charge in [-0.15, -0.1) is 0 Å². The Morgan fingerprint density at radius 1 is 0.882 bits per heavy atom. The average molecular weight is 524 g/mol. The summed E-state index contributed by atoms with van der Waals surface area (Å²) in [6.07, 6.45) is 8.77. The second-order valence-electron chi connectivity index (χ2n) is 9.87. The summed E-state index contributed by atoms with van der Waals surface area (Å²) in [5, 5.41) is 0.577. The monoisotopic (exact) mass is 522 g/mol. The van der Waals surface area contributed by atoms with Crippen molar-refractivity contribution in [2.45, 2.75) is 80.4 Å². The minimum Gasteiger partial charge on any atom is -0.490 e. The van der Waals surface area contributed by atoms with Gasteiger partial charge in [-0.2, -0.15) is 0 Å². The molecule has 1 N–H and O–H groups in total. The Morgan fingerprint density at radius 2 is 1.59 bits per heavy atom. The van der Waals surface area contributed by atoms with E-state index in [1.807, 2.05) is 0 Å². The Bertz CT molecular complexity index is 1110. The van der Waals surface area contributed by atoms with E-state index in [-0.39, 0.29) is 16.0 Å². The van der Waals surface area contributed by atoms with Gasteiger partial charge in [-0.25, -0.2) is 13.1 Å². The zero-order valence-corrected chi connectivity index (χ0v) is 21.6. The van der Waals surface area contributed by atoms with Crippen molar-refractivity contribution in [3.63, 3.8) is 0 Å². The van der Waals surface area contributed by atoms with Crippen molar-refractivity contribution in [1.29, 1.82) is 0 Å². The van der Waals surface area contributed by atoms with Gasteiger partial charge >= 0.3 is 0 Å². The third-order valence-electron chi connectivity index (χ3n) is 7.42. The molecule has 2 aromatic carbocycles. The third kappa shape index (κ3) is 5.73. The van der Waals surface area contributed by atoms with Crippen molar-refractivity contribution in [2.75, 3.05) is 13.1 Å². The number of ether oxygens (including phenoxy) is 1. The second kappa shape index (κ2) is 10.4. The smallest absolute Gasteiger partial charge is 0.242 e. The molecule has 0 unspecified atom stereocenters. The van der Waals surface area contributed by atoms with Crippen LogP contribution < -0.4 is 9.46 Å². The number of sulfonamides is 1. The fourth-order valence-electron chi connectivity index (χ4n) is 5.40. The normalized spacial score (nSPS) is 24.8. The first-order valence-corrected chi connectivity index (χ1v) is 14.6. The molecule has 3 fully saturated rings. The Hall–Kier alpha value is -1.31. The summed E-state index contributed by atoms with van der Waals surface area (Å²) in [5.41, 5.74) is 1.37. The molecule has 34 heavy (non-hydrogen) atoms. The molecule has 1 aliphatic heterocycles. The molecule has 1 saturated heterocycles. The van der Waals surface area contributed by atoms with E-state index in [1.54, 1.807) is 6.07 Å². The van der Waals surface area contributed by atoms with E-state index in [2.05, 4.69) is 33.9 Å². The van der Waals surface area contributed by atoms with Crippen molar-refractivity contribution in [2.24, 2.45) is 0 Å². The van der Waals surface area contributed by atoms with Gasteiger partial charge in [-0.05, 0) is 100 Å². The fourth-order valence-corrected chi connectivity index (χ4v) is 7.48. The molecule has 0 bridgehead atoms. The van der Waals surface area contributed by atoms with Gasteiger partial charge in [-0.3, -0.25) is 0 Å². The lowest BCUT2D eigenvalue weighted by Crippen LogP contribution is -2.46. The number of rotatable bonds is 7. The van der Waals surface area contributed by atoms with Crippen LogP contribution in [0.25, 0.3) is 0 Å². The third-order valence-corrected chi connectivity index (χ3v) is 9.66. The molecule has 0 aromatic heterocycles. The van der Waals surface area contributed by atoms with E-state index in [4.69, 9.17) is 27.9 Å². The maximum Gasteiger partial charge on any atom is 0.242 e. The standard InChI is InChI=1S/C26H32Cl2N2O3S/c27-19-5-12-26(24(28)17-19)34(31,32)29-20-6-8-21(9-7-20)30-15-13-18(14-16-30)23-3-1-2-4-25(23)33-22-10-11-22/h1-5,12,17-18,20-22,29H,6-11,13-16H2. The van der Waals surface area contributed by atoms with Crippen LogP contribution in [-0.2, 0) is 10.0 Å². The van der Waals surface area contributed by atoms with E-state index in [0.29, 0.717) is 23.1 Å². The molecule has 0 amide bonds. The number of nitrogens with zero attached hydrogens (tertiary/aromatic N) is 1. The zero-order chi connectivity index (χ0) is 23.7. The first-order chi connectivity index (χ1) is 16.4. The van der Waals surface area contributed by atoms with Crippen LogP contribution in [0.3, 0.4) is 0 Å². The molecule has 8 heteroatoms. The molecule has 2 aromatic rings. The minimum absolute atomic E-state index is 0.0583. The summed E-state index contributed by atoms with van der Waals surface area (Å²) in [6.45, 7) is 2.17. The van der Waals surface area contributed by atoms with E-state index >= 15 is 0 Å². The van der Waals surface area contributed by atoms with Crippen molar-refractivity contribution in [1.82, 2.24) is 9.62 Å². The summed E-state index contributed by atoms with van der Waals surface area (Å²) in [5.74, 6) is 1.63. The maximum absolute atomic E-state index is 12.8. The average Bonchev–Trinajstić information content (AvgIpc) is 3.64. The molecular formula is C26H32Cl2N2O3S. The van der Waals surface area contributed by atoms with Crippen LogP contribution >= 0.6 is 23.2 Å². The summed E-state index contributed by atoms with van der Waals surface area (Å²) in [7, 11) is -3.66. The maximum atomic E-state index is 12.8. The van der Waals surface area contributed by atoms with Gasteiger partial charge in [0.25, 0.3) is 0 Å². The SMILES string of the molecule is O=S(=O)(NC1CCC(N2CCC(c3ccccc3OC3CC3)CC2)CC1)c1ccc(Cl)cc1Cl. The first kappa shape index (κ1) is 24.4. The molecule has 0 atom stereocenters. The van der Waals surface area contributed by atoms with Crippen molar-refractivity contribution >= 4 is 33.2 Å². The van der Waals surface area contributed by atoms with Crippen molar-refractivity contribution in [3.8, 4) is 5.75 Å². The number of piperidine rings is 1. The Labute approximate surface area is 212 Å². The van der Waals surface area contributed by atoms with Gasteiger partial charge in [-0.1, -0.05) is 41.4 Å². The molecule has 0 radical (unpaired) electrons.